The van der Waals surface area contributed by atoms with Crippen LogP contribution in [0.3, 0.4) is 0 Å². The van der Waals surface area contributed by atoms with Crippen molar-refractivity contribution >= 4 is 21.6 Å². The van der Waals surface area contributed by atoms with Gasteiger partial charge in [0.15, 0.2) is 0 Å². The van der Waals surface area contributed by atoms with Crippen LogP contribution in [-0.2, 0) is 10.0 Å². The van der Waals surface area contributed by atoms with Crippen molar-refractivity contribution in [3.8, 4) is 0 Å². The molecule has 0 bridgehead atoms. The molecule has 1 fully saturated rings. The quantitative estimate of drug-likeness (QED) is 0.717. The van der Waals surface area contributed by atoms with Crippen molar-refractivity contribution in [2.75, 3.05) is 43.4 Å². The van der Waals surface area contributed by atoms with Crippen molar-refractivity contribution < 1.29 is 17.6 Å². The Bertz CT molecular complexity index is 898. The Labute approximate surface area is 165 Å². The first-order chi connectivity index (χ1) is 13.5. The zero-order chi connectivity index (χ0) is 20.0. The van der Waals surface area contributed by atoms with E-state index in [1.165, 1.54) is 22.5 Å². The topological polar surface area (TPSA) is 69.7 Å². The molecule has 0 aliphatic carbocycles. The maximum atomic E-state index is 13.1. The van der Waals surface area contributed by atoms with Crippen molar-refractivity contribution in [1.29, 1.82) is 0 Å². The monoisotopic (exact) mass is 405 g/mol. The van der Waals surface area contributed by atoms with E-state index in [0.29, 0.717) is 32.6 Å². The smallest absolute Gasteiger partial charge is 0.251 e. The van der Waals surface area contributed by atoms with Gasteiger partial charge in [-0.25, -0.2) is 12.8 Å². The average Bonchev–Trinajstić information content (AvgIpc) is 2.72. The number of amides is 1. The largest absolute Gasteiger partial charge is 0.369 e. The van der Waals surface area contributed by atoms with E-state index in [2.05, 4.69) is 10.2 Å². The minimum Gasteiger partial charge on any atom is -0.369 e. The summed E-state index contributed by atoms with van der Waals surface area (Å²) in [6, 6.07) is 15.3. The number of carbonyl (C=O) groups excluding carboxylic acids is 1. The van der Waals surface area contributed by atoms with Gasteiger partial charge in [-0.2, -0.15) is 4.31 Å². The van der Waals surface area contributed by atoms with Gasteiger partial charge in [0, 0.05) is 44.0 Å². The molecule has 1 aliphatic heterocycles. The van der Waals surface area contributed by atoms with Gasteiger partial charge in [0.2, 0.25) is 10.0 Å². The summed E-state index contributed by atoms with van der Waals surface area (Å²) in [6.07, 6.45) is 0.308. The minimum atomic E-state index is -3.36. The molecule has 0 aromatic heterocycles. The first-order valence-electron chi connectivity index (χ1n) is 9.27. The summed E-state index contributed by atoms with van der Waals surface area (Å²) in [6.45, 7) is 2.43. The summed E-state index contributed by atoms with van der Waals surface area (Å²) in [7, 11) is -3.36. The molecule has 2 aromatic carbocycles. The average molecular weight is 405 g/mol. The Balaban J connectivity index is 1.43. The zero-order valence-electron chi connectivity index (χ0n) is 15.6. The van der Waals surface area contributed by atoms with Gasteiger partial charge >= 0.3 is 0 Å². The Morgan fingerprint density at radius 1 is 1.00 bits per heavy atom. The molecule has 1 amide bonds. The number of nitrogens with one attached hydrogen (secondary N) is 1. The number of hydrogen-bond acceptors (Lipinski definition) is 4. The summed E-state index contributed by atoms with van der Waals surface area (Å²) >= 11 is 0. The molecule has 1 aliphatic rings. The Kier molecular flexibility index (Phi) is 6.64. The van der Waals surface area contributed by atoms with E-state index in [-0.39, 0.29) is 17.9 Å². The zero-order valence-corrected chi connectivity index (χ0v) is 16.4. The Morgan fingerprint density at radius 2 is 1.71 bits per heavy atom. The second-order valence-corrected chi connectivity index (χ2v) is 8.75. The lowest BCUT2D eigenvalue weighted by molar-refractivity contribution is 0.0953. The van der Waals surface area contributed by atoms with Crippen LogP contribution in [0.15, 0.2) is 54.6 Å². The van der Waals surface area contributed by atoms with Crippen LogP contribution in [0.4, 0.5) is 10.1 Å². The highest BCUT2D eigenvalue weighted by molar-refractivity contribution is 7.89. The summed E-state index contributed by atoms with van der Waals surface area (Å²) in [5.74, 6) is -0.917. The molecule has 0 spiro atoms. The number of rotatable bonds is 7. The van der Waals surface area contributed by atoms with Crippen molar-refractivity contribution in [2.24, 2.45) is 0 Å². The second-order valence-electron chi connectivity index (χ2n) is 6.66. The fourth-order valence-electron chi connectivity index (χ4n) is 3.18. The number of para-hydroxylation sites is 1. The summed E-state index contributed by atoms with van der Waals surface area (Å²) < 4.78 is 39.7. The molecule has 28 heavy (non-hydrogen) atoms. The van der Waals surface area contributed by atoms with Crippen LogP contribution in [0, 0.1) is 5.82 Å². The highest BCUT2D eigenvalue weighted by Crippen LogP contribution is 2.17. The molecule has 3 rings (SSSR count). The maximum Gasteiger partial charge on any atom is 0.251 e. The molecule has 150 valence electrons. The lowest BCUT2D eigenvalue weighted by Crippen LogP contribution is -2.49. The van der Waals surface area contributed by atoms with Crippen molar-refractivity contribution in [1.82, 2.24) is 9.62 Å². The number of halogens is 1. The van der Waals surface area contributed by atoms with Crippen LogP contribution < -0.4 is 10.2 Å². The first-order valence-corrected chi connectivity index (χ1v) is 10.9. The Morgan fingerprint density at radius 3 is 2.39 bits per heavy atom. The van der Waals surface area contributed by atoms with E-state index in [1.54, 1.807) is 0 Å². The van der Waals surface area contributed by atoms with Crippen molar-refractivity contribution in [3.63, 3.8) is 0 Å². The van der Waals surface area contributed by atoms with Crippen molar-refractivity contribution in [2.45, 2.75) is 6.42 Å². The fraction of sp³-hybridized carbons (Fsp3) is 0.350. The van der Waals surface area contributed by atoms with Crippen LogP contribution in [0.25, 0.3) is 0 Å². The maximum absolute atomic E-state index is 13.1. The van der Waals surface area contributed by atoms with E-state index in [1.807, 2.05) is 30.3 Å². The highest BCUT2D eigenvalue weighted by Gasteiger charge is 2.26. The number of carbonyl (C=O) groups is 1. The summed E-state index contributed by atoms with van der Waals surface area (Å²) in [5.41, 5.74) is 1.32. The third kappa shape index (κ3) is 5.30. The van der Waals surface area contributed by atoms with Gasteiger partial charge in [-0.3, -0.25) is 4.79 Å². The van der Waals surface area contributed by atoms with Gasteiger partial charge in [-0.05, 0) is 36.8 Å². The number of anilines is 1. The van der Waals surface area contributed by atoms with Gasteiger partial charge in [-0.1, -0.05) is 24.3 Å². The fourth-order valence-corrected chi connectivity index (χ4v) is 4.67. The van der Waals surface area contributed by atoms with Crippen LogP contribution in [0.5, 0.6) is 0 Å². The van der Waals surface area contributed by atoms with E-state index >= 15 is 0 Å². The molecule has 0 saturated carbocycles. The minimum absolute atomic E-state index is 0.0260. The number of piperazine rings is 1. The third-order valence-electron chi connectivity index (χ3n) is 4.70. The standard InChI is InChI=1S/C20H24FN3O3S/c21-18-7-4-6-17(16-18)20(25)22-10-5-15-28(26,27)24-13-11-23(12-14-24)19-8-2-1-3-9-19/h1-4,6-9,16H,5,10-15H2,(H,22,25). The summed E-state index contributed by atoms with van der Waals surface area (Å²) in [4.78, 5) is 14.1. The normalized spacial score (nSPS) is 15.4. The van der Waals surface area contributed by atoms with Crippen LogP contribution in [-0.4, -0.2) is 57.1 Å². The molecule has 0 radical (unpaired) electrons. The number of sulfonamides is 1. The van der Waals surface area contributed by atoms with Gasteiger partial charge in [0.1, 0.15) is 5.82 Å². The Hall–Kier alpha value is -2.45. The molecule has 2 aromatic rings. The van der Waals surface area contributed by atoms with Crippen LogP contribution in [0.2, 0.25) is 0 Å². The van der Waals surface area contributed by atoms with Crippen molar-refractivity contribution in [3.05, 3.63) is 66.0 Å². The first kappa shape index (κ1) is 20.3. The van der Waals surface area contributed by atoms with Crippen LogP contribution >= 0.6 is 0 Å². The van der Waals surface area contributed by atoms with Gasteiger partial charge in [0.25, 0.3) is 5.91 Å². The molecule has 8 heteroatoms. The van der Waals surface area contributed by atoms with Gasteiger partial charge in [-0.15, -0.1) is 0 Å². The molecule has 0 atom stereocenters. The highest BCUT2D eigenvalue weighted by atomic mass is 32.2. The molecule has 1 N–H and O–H groups in total. The number of benzene rings is 2. The number of nitrogens with zero attached hydrogens (tertiary/aromatic N) is 2. The van der Waals surface area contributed by atoms with E-state index < -0.39 is 21.7 Å². The lowest BCUT2D eigenvalue weighted by Gasteiger charge is -2.35. The van der Waals surface area contributed by atoms with E-state index in [4.69, 9.17) is 0 Å². The molecular formula is C20H24FN3O3S. The SMILES string of the molecule is O=C(NCCCS(=O)(=O)N1CCN(c2ccccc2)CC1)c1cccc(F)c1. The van der Waals surface area contributed by atoms with E-state index in [9.17, 15) is 17.6 Å². The molecule has 1 saturated heterocycles. The third-order valence-corrected chi connectivity index (χ3v) is 6.66. The molecule has 0 unspecified atom stereocenters. The molecule has 1 heterocycles. The molecule has 6 nitrogen and oxygen atoms in total. The summed E-state index contributed by atoms with van der Waals surface area (Å²) in [5, 5.41) is 2.63. The number of hydrogen-bond donors (Lipinski definition) is 1. The predicted molar refractivity (Wildman–Crippen MR) is 107 cm³/mol. The predicted octanol–water partition coefficient (Wildman–Crippen LogP) is 2.10. The second kappa shape index (κ2) is 9.16. The van der Waals surface area contributed by atoms with Crippen LogP contribution in [0.1, 0.15) is 16.8 Å². The van der Waals surface area contributed by atoms with Gasteiger partial charge in [0.05, 0.1) is 5.75 Å². The molecular weight excluding hydrogens is 381 g/mol. The lowest BCUT2D eigenvalue weighted by atomic mass is 10.2. The van der Waals surface area contributed by atoms with E-state index in [0.717, 1.165) is 11.8 Å². The van der Waals surface area contributed by atoms with Gasteiger partial charge < -0.3 is 10.2 Å².